The first kappa shape index (κ1) is 16.9. The number of hydrogen-bond acceptors (Lipinski definition) is 2. The third kappa shape index (κ3) is 2.66. The van der Waals surface area contributed by atoms with Crippen molar-refractivity contribution in [1.29, 1.82) is 0 Å². The van der Waals surface area contributed by atoms with E-state index in [0.29, 0.717) is 18.4 Å². The standard InChI is InChI=1S/C21H29NO3/c1-19(2,3)22(18(23)24)21-11-16-9-17(21)12-20(10-16,14-21)25-13-15-7-5-4-6-8-15/h4-8,16-17H,9-14H2,1-3H3,(H,23,24). The van der Waals surface area contributed by atoms with E-state index >= 15 is 0 Å². The van der Waals surface area contributed by atoms with Crippen LogP contribution < -0.4 is 0 Å². The summed E-state index contributed by atoms with van der Waals surface area (Å²) in [6.07, 6.45) is 4.36. The van der Waals surface area contributed by atoms with Gasteiger partial charge in [-0.05, 0) is 63.9 Å². The van der Waals surface area contributed by atoms with Gasteiger partial charge in [0.15, 0.2) is 0 Å². The van der Waals surface area contributed by atoms with E-state index in [9.17, 15) is 9.90 Å². The van der Waals surface area contributed by atoms with Crippen LogP contribution in [0.3, 0.4) is 0 Å². The maximum atomic E-state index is 12.2. The third-order valence-corrected chi connectivity index (χ3v) is 6.62. The fourth-order valence-electron chi connectivity index (χ4n) is 6.26. The molecule has 1 aromatic carbocycles. The summed E-state index contributed by atoms with van der Waals surface area (Å²) in [6.45, 7) is 6.69. The molecule has 0 aromatic heterocycles. The van der Waals surface area contributed by atoms with Crippen molar-refractivity contribution in [2.75, 3.05) is 0 Å². The van der Waals surface area contributed by atoms with E-state index in [1.807, 2.05) is 39.0 Å². The molecule has 4 bridgehead atoms. The second-order valence-electron chi connectivity index (χ2n) is 9.44. The maximum absolute atomic E-state index is 12.2. The van der Waals surface area contributed by atoms with Crippen molar-refractivity contribution in [3.63, 3.8) is 0 Å². The highest BCUT2D eigenvalue weighted by Gasteiger charge is 2.68. The Morgan fingerprint density at radius 1 is 1.24 bits per heavy atom. The van der Waals surface area contributed by atoms with Gasteiger partial charge in [-0.25, -0.2) is 4.79 Å². The number of nitrogens with zero attached hydrogens (tertiary/aromatic N) is 1. The molecule has 4 atom stereocenters. The molecular weight excluding hydrogens is 314 g/mol. The Bertz CT molecular complexity index is 667. The topological polar surface area (TPSA) is 49.8 Å². The van der Waals surface area contributed by atoms with Crippen LogP contribution >= 0.6 is 0 Å². The van der Waals surface area contributed by atoms with Crippen LogP contribution in [0, 0.1) is 11.8 Å². The summed E-state index contributed by atoms with van der Waals surface area (Å²) in [5.41, 5.74) is 0.440. The Morgan fingerprint density at radius 3 is 2.60 bits per heavy atom. The summed E-state index contributed by atoms with van der Waals surface area (Å²) in [6, 6.07) is 10.3. The van der Waals surface area contributed by atoms with Crippen molar-refractivity contribution >= 4 is 6.09 Å². The molecule has 136 valence electrons. The summed E-state index contributed by atoms with van der Waals surface area (Å²) in [4.78, 5) is 13.9. The molecule has 4 saturated carbocycles. The number of rotatable bonds is 4. The molecule has 0 aliphatic heterocycles. The number of amides is 1. The average Bonchev–Trinajstić information content (AvgIpc) is 2.87. The Hall–Kier alpha value is -1.55. The molecule has 4 unspecified atom stereocenters. The van der Waals surface area contributed by atoms with Gasteiger partial charge in [-0.3, -0.25) is 4.90 Å². The van der Waals surface area contributed by atoms with E-state index in [1.165, 1.54) is 5.56 Å². The van der Waals surface area contributed by atoms with Crippen molar-refractivity contribution in [3.8, 4) is 0 Å². The summed E-state index contributed by atoms with van der Waals surface area (Å²) in [5.74, 6) is 1.05. The van der Waals surface area contributed by atoms with Crippen molar-refractivity contribution < 1.29 is 14.6 Å². The maximum Gasteiger partial charge on any atom is 0.408 e. The monoisotopic (exact) mass is 343 g/mol. The lowest BCUT2D eigenvalue weighted by Crippen LogP contribution is -2.61. The van der Waals surface area contributed by atoms with Crippen LogP contribution in [0.5, 0.6) is 0 Å². The van der Waals surface area contributed by atoms with Gasteiger partial charge in [0.05, 0.1) is 17.7 Å². The zero-order valence-corrected chi connectivity index (χ0v) is 15.5. The minimum atomic E-state index is -0.779. The van der Waals surface area contributed by atoms with E-state index in [0.717, 1.165) is 32.1 Å². The minimum absolute atomic E-state index is 0.138. The quantitative estimate of drug-likeness (QED) is 0.863. The van der Waals surface area contributed by atoms with Crippen molar-refractivity contribution in [2.45, 2.75) is 76.2 Å². The fraction of sp³-hybridized carbons (Fsp3) is 0.667. The first-order valence-corrected chi connectivity index (χ1v) is 9.45. The zero-order valence-electron chi connectivity index (χ0n) is 15.5. The summed E-state index contributed by atoms with van der Waals surface area (Å²) in [5, 5.41) is 9.99. The number of hydrogen-bond donors (Lipinski definition) is 1. The van der Waals surface area contributed by atoms with Gasteiger partial charge < -0.3 is 9.84 Å². The Balaban J connectivity index is 1.60. The molecule has 4 nitrogen and oxygen atoms in total. The van der Waals surface area contributed by atoms with Crippen LogP contribution in [-0.4, -0.2) is 32.8 Å². The number of benzene rings is 1. The highest BCUT2D eigenvalue weighted by Crippen LogP contribution is 2.66. The first-order valence-electron chi connectivity index (χ1n) is 9.45. The third-order valence-electron chi connectivity index (χ3n) is 6.62. The second-order valence-corrected chi connectivity index (χ2v) is 9.44. The van der Waals surface area contributed by atoms with Crippen LogP contribution in [0.2, 0.25) is 0 Å². The molecule has 4 aliphatic rings. The predicted octanol–water partition coefficient (Wildman–Crippen LogP) is 4.68. The summed E-state index contributed by atoms with van der Waals surface area (Å²) in [7, 11) is 0. The molecule has 0 spiro atoms. The molecule has 0 radical (unpaired) electrons. The molecule has 1 amide bonds. The van der Waals surface area contributed by atoms with E-state index in [4.69, 9.17) is 4.74 Å². The largest absolute Gasteiger partial charge is 0.465 e. The normalized spacial score (nSPS) is 36.0. The minimum Gasteiger partial charge on any atom is -0.465 e. The van der Waals surface area contributed by atoms with Gasteiger partial charge in [-0.1, -0.05) is 30.3 Å². The SMILES string of the molecule is CC(C)(C)N(C(=O)O)C12CC3CC1CC(OCc1ccccc1)(C3)C2. The van der Waals surface area contributed by atoms with Gasteiger partial charge in [-0.15, -0.1) is 0 Å². The van der Waals surface area contributed by atoms with Crippen LogP contribution in [0.15, 0.2) is 30.3 Å². The summed E-state index contributed by atoms with van der Waals surface area (Å²) < 4.78 is 6.50. The average molecular weight is 343 g/mol. The van der Waals surface area contributed by atoms with Crippen molar-refractivity contribution in [1.82, 2.24) is 4.90 Å². The predicted molar refractivity (Wildman–Crippen MR) is 96.4 cm³/mol. The lowest BCUT2D eigenvalue weighted by atomic mass is 9.75. The molecule has 4 fully saturated rings. The zero-order chi connectivity index (χ0) is 17.9. The molecule has 4 heteroatoms. The lowest BCUT2D eigenvalue weighted by Gasteiger charge is -2.50. The lowest BCUT2D eigenvalue weighted by molar-refractivity contribution is -0.103. The number of ether oxygens (including phenoxy) is 1. The van der Waals surface area contributed by atoms with Gasteiger partial charge in [0, 0.05) is 12.0 Å². The van der Waals surface area contributed by atoms with Crippen molar-refractivity contribution in [3.05, 3.63) is 35.9 Å². The van der Waals surface area contributed by atoms with Gasteiger partial charge in [0.2, 0.25) is 0 Å². The van der Waals surface area contributed by atoms with Gasteiger partial charge in [0.1, 0.15) is 0 Å². The number of carboxylic acid groups (broad SMARTS) is 1. The first-order chi connectivity index (χ1) is 11.7. The van der Waals surface area contributed by atoms with Crippen LogP contribution in [0.25, 0.3) is 0 Å². The molecule has 25 heavy (non-hydrogen) atoms. The fourth-order valence-corrected chi connectivity index (χ4v) is 6.26. The molecule has 1 aromatic rings. The highest BCUT2D eigenvalue weighted by atomic mass is 16.5. The molecule has 1 N–H and O–H groups in total. The summed E-state index contributed by atoms with van der Waals surface area (Å²) >= 11 is 0. The molecule has 0 heterocycles. The smallest absolute Gasteiger partial charge is 0.408 e. The van der Waals surface area contributed by atoms with Crippen LogP contribution in [0.4, 0.5) is 4.79 Å². The van der Waals surface area contributed by atoms with E-state index in [-0.39, 0.29) is 16.7 Å². The highest BCUT2D eigenvalue weighted by molar-refractivity contribution is 5.68. The number of carbonyl (C=O) groups is 1. The van der Waals surface area contributed by atoms with Crippen molar-refractivity contribution in [2.24, 2.45) is 11.8 Å². The Kier molecular flexibility index (Phi) is 3.70. The molecular formula is C21H29NO3. The van der Waals surface area contributed by atoms with Gasteiger partial charge in [-0.2, -0.15) is 0 Å². The van der Waals surface area contributed by atoms with Gasteiger partial charge in [0.25, 0.3) is 0 Å². The molecule has 4 aliphatic carbocycles. The molecule has 5 rings (SSSR count). The van der Waals surface area contributed by atoms with Crippen LogP contribution in [-0.2, 0) is 11.3 Å². The second kappa shape index (κ2) is 5.47. The Morgan fingerprint density at radius 2 is 1.96 bits per heavy atom. The van der Waals surface area contributed by atoms with E-state index < -0.39 is 6.09 Å². The van der Waals surface area contributed by atoms with Crippen LogP contribution in [0.1, 0.15) is 58.4 Å². The Labute approximate surface area is 150 Å². The van der Waals surface area contributed by atoms with Gasteiger partial charge >= 0.3 is 6.09 Å². The van der Waals surface area contributed by atoms with E-state index in [2.05, 4.69) is 12.1 Å². The van der Waals surface area contributed by atoms with E-state index in [1.54, 1.807) is 4.90 Å². The molecule has 0 saturated heterocycles.